The van der Waals surface area contributed by atoms with Crippen molar-refractivity contribution in [3.8, 4) is 17.2 Å². The van der Waals surface area contributed by atoms with Crippen LogP contribution in [0.1, 0.15) is 68.1 Å². The Bertz CT molecular complexity index is 594. The SMILES string of the molecule is COc1c(C)c(OC)c2c(c1OC)[C@@H](C)CC[C@@H]2[C@@H](C)CCC=O. The number of hydrogen-bond acceptors (Lipinski definition) is 4. The summed E-state index contributed by atoms with van der Waals surface area (Å²) < 4.78 is 17.2. The van der Waals surface area contributed by atoms with E-state index in [1.54, 1.807) is 21.3 Å². The van der Waals surface area contributed by atoms with Crippen LogP contribution in [0.15, 0.2) is 0 Å². The number of benzene rings is 1. The standard InChI is InChI=1S/C20H30O4/c1-12(8-7-11-21)15-10-9-13(2)16-17(15)18(22-4)14(3)19(23-5)20(16)24-6/h11-13,15H,7-10H2,1-6H3/t12-,13-,15+/m0/s1. The van der Waals surface area contributed by atoms with Crippen molar-refractivity contribution in [1.82, 2.24) is 0 Å². The molecule has 0 aliphatic heterocycles. The fraction of sp³-hybridized carbons (Fsp3) is 0.650. The lowest BCUT2D eigenvalue weighted by Gasteiger charge is -2.37. The number of rotatable bonds is 7. The van der Waals surface area contributed by atoms with Gasteiger partial charge in [0.05, 0.1) is 21.3 Å². The Morgan fingerprint density at radius 2 is 1.67 bits per heavy atom. The second-order valence-electron chi connectivity index (χ2n) is 6.86. The molecule has 0 spiro atoms. The van der Waals surface area contributed by atoms with Crippen LogP contribution < -0.4 is 14.2 Å². The number of carbonyl (C=O) groups is 1. The lowest BCUT2D eigenvalue weighted by Crippen LogP contribution is -2.21. The second-order valence-corrected chi connectivity index (χ2v) is 6.86. The minimum absolute atomic E-state index is 0.379. The molecule has 1 aromatic rings. The van der Waals surface area contributed by atoms with E-state index in [0.29, 0.717) is 24.2 Å². The van der Waals surface area contributed by atoms with E-state index in [2.05, 4.69) is 13.8 Å². The van der Waals surface area contributed by atoms with Crippen molar-refractivity contribution < 1.29 is 19.0 Å². The predicted molar refractivity (Wildman–Crippen MR) is 95.7 cm³/mol. The van der Waals surface area contributed by atoms with Crippen LogP contribution in [0, 0.1) is 12.8 Å². The van der Waals surface area contributed by atoms with Crippen molar-refractivity contribution in [3.63, 3.8) is 0 Å². The van der Waals surface area contributed by atoms with Crippen molar-refractivity contribution in [2.24, 2.45) is 5.92 Å². The Morgan fingerprint density at radius 1 is 1.04 bits per heavy atom. The molecule has 4 nitrogen and oxygen atoms in total. The van der Waals surface area contributed by atoms with Crippen LogP contribution in [0.4, 0.5) is 0 Å². The van der Waals surface area contributed by atoms with E-state index in [-0.39, 0.29) is 0 Å². The normalized spacial score (nSPS) is 20.9. The quantitative estimate of drug-likeness (QED) is 0.683. The van der Waals surface area contributed by atoms with Crippen molar-refractivity contribution >= 4 is 6.29 Å². The van der Waals surface area contributed by atoms with E-state index in [9.17, 15) is 4.79 Å². The van der Waals surface area contributed by atoms with Gasteiger partial charge >= 0.3 is 0 Å². The zero-order valence-electron chi connectivity index (χ0n) is 15.8. The Morgan fingerprint density at radius 3 is 2.21 bits per heavy atom. The lowest BCUT2D eigenvalue weighted by atomic mass is 9.70. The van der Waals surface area contributed by atoms with Gasteiger partial charge in [0, 0.05) is 23.1 Å². The molecule has 0 saturated heterocycles. The number of methoxy groups -OCH3 is 3. The van der Waals surface area contributed by atoms with Crippen molar-refractivity contribution in [2.45, 2.75) is 58.3 Å². The highest BCUT2D eigenvalue weighted by Crippen LogP contribution is 2.55. The summed E-state index contributed by atoms with van der Waals surface area (Å²) in [4.78, 5) is 10.8. The van der Waals surface area contributed by atoms with Crippen LogP contribution >= 0.6 is 0 Å². The molecule has 0 radical (unpaired) electrons. The van der Waals surface area contributed by atoms with E-state index < -0.39 is 0 Å². The molecule has 24 heavy (non-hydrogen) atoms. The summed E-state index contributed by atoms with van der Waals surface area (Å²) in [6.07, 6.45) is 4.74. The molecule has 0 aromatic heterocycles. The number of fused-ring (bicyclic) bond motifs is 1. The average Bonchev–Trinajstić information content (AvgIpc) is 2.58. The topological polar surface area (TPSA) is 44.8 Å². The molecular formula is C20H30O4. The maximum atomic E-state index is 10.8. The largest absolute Gasteiger partial charge is 0.496 e. The first kappa shape index (κ1) is 18.6. The first-order valence-corrected chi connectivity index (χ1v) is 8.77. The van der Waals surface area contributed by atoms with Gasteiger partial charge in [0.1, 0.15) is 12.0 Å². The fourth-order valence-electron chi connectivity index (χ4n) is 4.23. The molecule has 0 fully saturated rings. The maximum absolute atomic E-state index is 10.8. The molecule has 134 valence electrons. The molecule has 0 saturated carbocycles. The second kappa shape index (κ2) is 7.91. The summed E-state index contributed by atoms with van der Waals surface area (Å²) in [7, 11) is 5.10. The van der Waals surface area contributed by atoms with Gasteiger partial charge in [0.25, 0.3) is 0 Å². The highest BCUT2D eigenvalue weighted by molar-refractivity contribution is 5.65. The van der Waals surface area contributed by atoms with Crippen LogP contribution in [-0.4, -0.2) is 27.6 Å². The maximum Gasteiger partial charge on any atom is 0.167 e. The molecule has 0 unspecified atom stereocenters. The molecule has 0 bridgehead atoms. The number of hydrogen-bond donors (Lipinski definition) is 0. The zero-order chi connectivity index (χ0) is 17.9. The van der Waals surface area contributed by atoms with E-state index >= 15 is 0 Å². The van der Waals surface area contributed by atoms with Crippen LogP contribution in [0.2, 0.25) is 0 Å². The van der Waals surface area contributed by atoms with Gasteiger partial charge in [-0.05, 0) is 43.9 Å². The van der Waals surface area contributed by atoms with Crippen molar-refractivity contribution in [2.75, 3.05) is 21.3 Å². The summed E-state index contributed by atoms with van der Waals surface area (Å²) >= 11 is 0. The molecule has 0 heterocycles. The number of aldehydes is 1. The zero-order valence-corrected chi connectivity index (χ0v) is 15.8. The molecule has 1 aliphatic carbocycles. The predicted octanol–water partition coefficient (Wildman–Crippen LogP) is 4.62. The van der Waals surface area contributed by atoms with Crippen LogP contribution in [0.3, 0.4) is 0 Å². The highest BCUT2D eigenvalue weighted by Gasteiger charge is 2.36. The first-order valence-electron chi connectivity index (χ1n) is 8.77. The smallest absolute Gasteiger partial charge is 0.167 e. The average molecular weight is 334 g/mol. The van der Waals surface area contributed by atoms with Crippen LogP contribution in [0.25, 0.3) is 0 Å². The van der Waals surface area contributed by atoms with Crippen LogP contribution in [-0.2, 0) is 4.79 Å². The van der Waals surface area contributed by atoms with Gasteiger partial charge in [-0.15, -0.1) is 0 Å². The summed E-state index contributed by atoms with van der Waals surface area (Å²) in [6, 6.07) is 0. The number of carbonyl (C=O) groups excluding carboxylic acids is 1. The van der Waals surface area contributed by atoms with Gasteiger partial charge < -0.3 is 19.0 Å². The van der Waals surface area contributed by atoms with Crippen molar-refractivity contribution in [3.05, 3.63) is 16.7 Å². The highest BCUT2D eigenvalue weighted by atomic mass is 16.5. The first-order chi connectivity index (χ1) is 11.5. The van der Waals surface area contributed by atoms with Gasteiger partial charge in [-0.1, -0.05) is 13.8 Å². The molecular weight excluding hydrogens is 304 g/mol. The summed E-state index contributed by atoms with van der Waals surface area (Å²) in [5.74, 6) is 3.72. The molecule has 0 amide bonds. The molecule has 4 heteroatoms. The molecule has 1 aliphatic rings. The monoisotopic (exact) mass is 334 g/mol. The third-order valence-electron chi connectivity index (χ3n) is 5.48. The Hall–Kier alpha value is -1.71. The Kier molecular flexibility index (Phi) is 6.14. The molecule has 0 N–H and O–H groups in total. The summed E-state index contributed by atoms with van der Waals surface area (Å²) in [6.45, 7) is 6.49. The molecule has 2 rings (SSSR count). The third kappa shape index (κ3) is 3.11. The van der Waals surface area contributed by atoms with Gasteiger partial charge in [-0.2, -0.15) is 0 Å². The third-order valence-corrected chi connectivity index (χ3v) is 5.48. The van der Waals surface area contributed by atoms with Crippen molar-refractivity contribution in [1.29, 1.82) is 0 Å². The van der Waals surface area contributed by atoms with Crippen LogP contribution in [0.5, 0.6) is 17.2 Å². The minimum atomic E-state index is 0.379. The summed E-state index contributed by atoms with van der Waals surface area (Å²) in [5, 5.41) is 0. The van der Waals surface area contributed by atoms with Gasteiger partial charge in [0.2, 0.25) is 0 Å². The van der Waals surface area contributed by atoms with E-state index in [1.807, 2.05) is 6.92 Å². The lowest BCUT2D eigenvalue weighted by molar-refractivity contribution is -0.108. The number of ether oxygens (including phenoxy) is 3. The Labute approximate surface area is 145 Å². The fourth-order valence-corrected chi connectivity index (χ4v) is 4.23. The minimum Gasteiger partial charge on any atom is -0.496 e. The van der Waals surface area contributed by atoms with Gasteiger partial charge in [-0.25, -0.2) is 0 Å². The summed E-state index contributed by atoms with van der Waals surface area (Å²) in [5.41, 5.74) is 3.45. The molecule has 3 atom stereocenters. The Balaban J connectivity index is 2.67. The van der Waals surface area contributed by atoms with E-state index in [0.717, 1.165) is 48.4 Å². The van der Waals surface area contributed by atoms with E-state index in [1.165, 1.54) is 11.1 Å². The van der Waals surface area contributed by atoms with Gasteiger partial charge in [0.15, 0.2) is 11.5 Å². The van der Waals surface area contributed by atoms with Gasteiger partial charge in [-0.3, -0.25) is 0 Å². The van der Waals surface area contributed by atoms with E-state index in [4.69, 9.17) is 14.2 Å². The molecule has 1 aromatic carbocycles.